The molecule has 0 spiro atoms. The first-order chi connectivity index (χ1) is 15.6. The molecule has 4 rings (SSSR count). The monoisotopic (exact) mass is 447 g/mol. The Morgan fingerprint density at radius 2 is 1.75 bits per heavy atom. The van der Waals surface area contributed by atoms with Crippen LogP contribution in [-0.2, 0) is 17.8 Å². The highest BCUT2D eigenvalue weighted by Crippen LogP contribution is 2.22. The van der Waals surface area contributed by atoms with E-state index in [0.29, 0.717) is 18.1 Å². The number of carbonyl (C=O) groups is 1. The zero-order chi connectivity index (χ0) is 22.3. The minimum Gasteiger partial charge on any atom is -0.494 e. The highest BCUT2D eigenvalue weighted by Gasteiger charge is 2.18. The Bertz CT molecular complexity index is 1170. The first kappa shape index (κ1) is 21.9. The van der Waals surface area contributed by atoms with Gasteiger partial charge in [0.25, 0.3) is 0 Å². The maximum absolute atomic E-state index is 12.6. The Balaban J connectivity index is 1.43. The predicted octanol–water partition coefficient (Wildman–Crippen LogP) is 5.58. The Kier molecular flexibility index (Phi) is 7.07. The number of nitrogens with zero attached hydrogens (tertiary/aromatic N) is 2. The van der Waals surface area contributed by atoms with Crippen molar-refractivity contribution in [2.75, 3.05) is 6.61 Å². The van der Waals surface area contributed by atoms with Gasteiger partial charge < -0.3 is 14.6 Å². The molecule has 6 heteroatoms. The van der Waals surface area contributed by atoms with Crippen LogP contribution in [0.25, 0.3) is 11.0 Å². The minimum atomic E-state index is -0.225. The fourth-order valence-electron chi connectivity index (χ4n) is 3.73. The number of nitrogens with one attached hydrogen (secondary N) is 1. The maximum atomic E-state index is 12.6. The van der Waals surface area contributed by atoms with E-state index in [1.807, 2.05) is 67.6 Å². The molecule has 32 heavy (non-hydrogen) atoms. The molecule has 1 N–H and O–H groups in total. The van der Waals surface area contributed by atoms with Gasteiger partial charge in [-0.25, -0.2) is 4.98 Å². The number of carbonyl (C=O) groups excluding carboxylic acids is 1. The molecule has 0 fully saturated rings. The summed E-state index contributed by atoms with van der Waals surface area (Å²) in [5.74, 6) is 1.66. The lowest BCUT2D eigenvalue weighted by Crippen LogP contribution is -2.30. The molecule has 0 aliphatic rings. The van der Waals surface area contributed by atoms with Gasteiger partial charge in [0.2, 0.25) is 5.91 Å². The molecule has 0 saturated carbocycles. The molecule has 4 aromatic rings. The SMILES string of the molecule is CC(NC(=O)Cc1ccc(Cl)cc1)c1nc2ccccc2n1CCCOc1ccccc1. The normalized spacial score (nSPS) is 11.9. The maximum Gasteiger partial charge on any atom is 0.224 e. The van der Waals surface area contributed by atoms with Crippen molar-refractivity contribution in [1.82, 2.24) is 14.9 Å². The van der Waals surface area contributed by atoms with Gasteiger partial charge in [-0.3, -0.25) is 4.79 Å². The van der Waals surface area contributed by atoms with Crippen molar-refractivity contribution in [3.8, 4) is 5.75 Å². The van der Waals surface area contributed by atoms with Gasteiger partial charge in [-0.05, 0) is 55.3 Å². The minimum absolute atomic E-state index is 0.0501. The van der Waals surface area contributed by atoms with E-state index in [1.54, 1.807) is 12.1 Å². The van der Waals surface area contributed by atoms with E-state index >= 15 is 0 Å². The molecule has 1 unspecified atom stereocenters. The summed E-state index contributed by atoms with van der Waals surface area (Å²) in [5, 5.41) is 3.75. The number of amides is 1. The van der Waals surface area contributed by atoms with Crippen LogP contribution < -0.4 is 10.1 Å². The molecule has 0 bridgehead atoms. The van der Waals surface area contributed by atoms with E-state index in [-0.39, 0.29) is 11.9 Å². The van der Waals surface area contributed by atoms with E-state index in [9.17, 15) is 4.79 Å². The van der Waals surface area contributed by atoms with Gasteiger partial charge in [0.05, 0.1) is 30.1 Å². The van der Waals surface area contributed by atoms with E-state index in [0.717, 1.165) is 41.1 Å². The molecule has 1 amide bonds. The fraction of sp³-hybridized carbons (Fsp3) is 0.231. The number of para-hydroxylation sites is 3. The summed E-state index contributed by atoms with van der Waals surface area (Å²) in [6.07, 6.45) is 1.13. The van der Waals surface area contributed by atoms with Gasteiger partial charge in [0, 0.05) is 11.6 Å². The highest BCUT2D eigenvalue weighted by atomic mass is 35.5. The van der Waals surface area contributed by atoms with Crippen molar-refractivity contribution < 1.29 is 9.53 Å². The summed E-state index contributed by atoms with van der Waals surface area (Å²) in [7, 11) is 0. The van der Waals surface area contributed by atoms with Crippen LogP contribution in [0, 0.1) is 0 Å². The van der Waals surface area contributed by atoms with Gasteiger partial charge in [0.1, 0.15) is 11.6 Å². The lowest BCUT2D eigenvalue weighted by molar-refractivity contribution is -0.121. The topological polar surface area (TPSA) is 56.2 Å². The molecule has 0 aliphatic carbocycles. The summed E-state index contributed by atoms with van der Waals surface area (Å²) in [5.41, 5.74) is 2.90. The number of ether oxygens (including phenoxy) is 1. The van der Waals surface area contributed by atoms with E-state index in [1.165, 1.54) is 0 Å². The summed E-state index contributed by atoms with van der Waals surface area (Å²) >= 11 is 5.94. The van der Waals surface area contributed by atoms with Gasteiger partial charge >= 0.3 is 0 Å². The van der Waals surface area contributed by atoms with Crippen LogP contribution in [0.2, 0.25) is 5.02 Å². The molecule has 1 atom stereocenters. The standard InChI is InChI=1S/C26H26ClN3O2/c1-19(28-25(31)18-20-12-14-21(27)15-13-20)26-29-23-10-5-6-11-24(23)30(26)16-7-17-32-22-8-3-2-4-9-22/h2-6,8-15,19H,7,16-18H2,1H3,(H,28,31). The van der Waals surface area contributed by atoms with Crippen LogP contribution >= 0.6 is 11.6 Å². The number of aromatic nitrogens is 2. The Hall–Kier alpha value is -3.31. The van der Waals surface area contributed by atoms with E-state index in [4.69, 9.17) is 21.3 Å². The van der Waals surface area contributed by atoms with Crippen LogP contribution in [0.5, 0.6) is 5.75 Å². The average molecular weight is 448 g/mol. The van der Waals surface area contributed by atoms with Crippen molar-refractivity contribution in [1.29, 1.82) is 0 Å². The number of aryl methyl sites for hydroxylation is 1. The Morgan fingerprint density at radius 1 is 1.03 bits per heavy atom. The molecule has 1 heterocycles. The zero-order valence-corrected chi connectivity index (χ0v) is 18.8. The van der Waals surface area contributed by atoms with Crippen LogP contribution in [0.4, 0.5) is 0 Å². The van der Waals surface area contributed by atoms with Crippen molar-refractivity contribution in [2.45, 2.75) is 32.4 Å². The van der Waals surface area contributed by atoms with Crippen LogP contribution in [0.1, 0.15) is 30.8 Å². The third-order valence-electron chi connectivity index (χ3n) is 5.26. The average Bonchev–Trinajstić information content (AvgIpc) is 3.18. The Labute approximate surface area is 193 Å². The number of rotatable bonds is 9. The third-order valence-corrected chi connectivity index (χ3v) is 5.52. The second-order valence-electron chi connectivity index (χ2n) is 7.72. The van der Waals surface area contributed by atoms with Gasteiger partial charge in [-0.15, -0.1) is 0 Å². The van der Waals surface area contributed by atoms with E-state index in [2.05, 4.69) is 16.0 Å². The van der Waals surface area contributed by atoms with Gasteiger partial charge in [-0.1, -0.05) is 54.1 Å². The number of fused-ring (bicyclic) bond motifs is 1. The number of hydrogen-bond acceptors (Lipinski definition) is 3. The predicted molar refractivity (Wildman–Crippen MR) is 128 cm³/mol. The molecule has 3 aromatic carbocycles. The van der Waals surface area contributed by atoms with Gasteiger partial charge in [0.15, 0.2) is 0 Å². The number of halogens is 1. The molecular formula is C26H26ClN3O2. The van der Waals surface area contributed by atoms with Crippen LogP contribution in [0.15, 0.2) is 78.9 Å². The molecular weight excluding hydrogens is 422 g/mol. The molecule has 0 aliphatic heterocycles. The first-order valence-electron chi connectivity index (χ1n) is 10.8. The molecule has 0 saturated heterocycles. The van der Waals surface area contributed by atoms with Crippen molar-refractivity contribution >= 4 is 28.5 Å². The zero-order valence-electron chi connectivity index (χ0n) is 18.0. The number of benzene rings is 3. The molecule has 1 aromatic heterocycles. The lowest BCUT2D eigenvalue weighted by Gasteiger charge is -2.17. The highest BCUT2D eigenvalue weighted by molar-refractivity contribution is 6.30. The fourth-order valence-corrected chi connectivity index (χ4v) is 3.86. The second-order valence-corrected chi connectivity index (χ2v) is 8.15. The van der Waals surface area contributed by atoms with E-state index < -0.39 is 0 Å². The van der Waals surface area contributed by atoms with Crippen LogP contribution in [0.3, 0.4) is 0 Å². The smallest absolute Gasteiger partial charge is 0.224 e. The summed E-state index contributed by atoms with van der Waals surface area (Å²) in [4.78, 5) is 17.4. The van der Waals surface area contributed by atoms with Crippen molar-refractivity contribution in [2.24, 2.45) is 0 Å². The molecule has 5 nitrogen and oxygen atoms in total. The van der Waals surface area contributed by atoms with Crippen LogP contribution in [-0.4, -0.2) is 22.1 Å². The van der Waals surface area contributed by atoms with Gasteiger partial charge in [-0.2, -0.15) is 0 Å². The quantitative estimate of drug-likeness (QED) is 0.341. The largest absolute Gasteiger partial charge is 0.494 e. The summed E-state index contributed by atoms with van der Waals surface area (Å²) in [6, 6.07) is 25.0. The lowest BCUT2D eigenvalue weighted by atomic mass is 10.1. The second kappa shape index (κ2) is 10.3. The first-order valence-corrected chi connectivity index (χ1v) is 11.1. The number of imidazole rings is 1. The molecule has 0 radical (unpaired) electrons. The van der Waals surface area contributed by atoms with Crippen molar-refractivity contribution in [3.63, 3.8) is 0 Å². The number of hydrogen-bond donors (Lipinski definition) is 1. The summed E-state index contributed by atoms with van der Waals surface area (Å²) in [6.45, 7) is 3.32. The third kappa shape index (κ3) is 5.48. The van der Waals surface area contributed by atoms with Crippen molar-refractivity contribution in [3.05, 3.63) is 95.3 Å². The Morgan fingerprint density at radius 3 is 2.53 bits per heavy atom. The summed E-state index contributed by atoms with van der Waals surface area (Å²) < 4.78 is 8.02. The molecule has 164 valence electrons.